The lowest BCUT2D eigenvalue weighted by molar-refractivity contribution is 0.619. The Balaban J connectivity index is 2.29. The van der Waals surface area contributed by atoms with Gasteiger partial charge in [0, 0.05) is 17.6 Å². The Morgan fingerprint density at radius 1 is 1.25 bits per heavy atom. The van der Waals surface area contributed by atoms with Crippen molar-refractivity contribution in [2.24, 2.45) is 5.92 Å². The van der Waals surface area contributed by atoms with Crippen LogP contribution >= 0.6 is 28.1 Å². The highest BCUT2D eigenvalue weighted by atomic mass is 79.9. The van der Waals surface area contributed by atoms with Crippen LogP contribution in [-0.2, 0) is 6.54 Å². The van der Waals surface area contributed by atoms with Gasteiger partial charge in [-0.15, -0.1) is 0 Å². The molecule has 2 N–H and O–H groups in total. The first kappa shape index (κ1) is 13.5. The maximum absolute atomic E-state index is 5.17. The molecule has 16 heavy (non-hydrogen) atoms. The number of hydrogen-bond acceptors (Lipinski definition) is 1. The zero-order chi connectivity index (χ0) is 12.0. The standard InChI is InChI=1S/C12H17BrN2S/c1-9(2)7-14-12(16)15-8-10-3-5-11(13)6-4-10/h3-6,9H,7-8H2,1-2H3,(H2,14,15,16). The van der Waals surface area contributed by atoms with Gasteiger partial charge in [-0.3, -0.25) is 0 Å². The fourth-order valence-corrected chi connectivity index (χ4v) is 1.56. The van der Waals surface area contributed by atoms with Gasteiger partial charge in [0.25, 0.3) is 0 Å². The molecule has 0 aliphatic heterocycles. The first-order valence-electron chi connectivity index (χ1n) is 5.34. The van der Waals surface area contributed by atoms with Gasteiger partial charge in [0.05, 0.1) is 0 Å². The van der Waals surface area contributed by atoms with Gasteiger partial charge in [0.1, 0.15) is 0 Å². The highest BCUT2D eigenvalue weighted by molar-refractivity contribution is 9.10. The average molecular weight is 301 g/mol. The lowest BCUT2D eigenvalue weighted by atomic mass is 10.2. The number of halogens is 1. The summed E-state index contributed by atoms with van der Waals surface area (Å²) in [5.41, 5.74) is 1.22. The maximum atomic E-state index is 5.17. The normalized spacial score (nSPS) is 10.2. The van der Waals surface area contributed by atoms with Crippen LogP contribution in [0.4, 0.5) is 0 Å². The molecule has 0 amide bonds. The van der Waals surface area contributed by atoms with Crippen molar-refractivity contribution in [1.82, 2.24) is 10.6 Å². The van der Waals surface area contributed by atoms with E-state index in [4.69, 9.17) is 12.2 Å². The quantitative estimate of drug-likeness (QED) is 0.836. The molecule has 0 aromatic heterocycles. The van der Waals surface area contributed by atoms with Gasteiger partial charge < -0.3 is 10.6 Å². The summed E-state index contributed by atoms with van der Waals surface area (Å²) < 4.78 is 1.09. The highest BCUT2D eigenvalue weighted by Crippen LogP contribution is 2.10. The largest absolute Gasteiger partial charge is 0.362 e. The molecule has 0 aliphatic rings. The van der Waals surface area contributed by atoms with Crippen LogP contribution in [0.1, 0.15) is 19.4 Å². The third-order valence-corrected chi connectivity index (χ3v) is 2.85. The Kier molecular flexibility index (Phi) is 5.77. The number of thiocarbonyl (C=S) groups is 1. The zero-order valence-corrected chi connectivity index (χ0v) is 12.0. The first-order chi connectivity index (χ1) is 7.58. The Labute approximate surface area is 111 Å². The van der Waals surface area contributed by atoms with E-state index in [-0.39, 0.29) is 0 Å². The van der Waals surface area contributed by atoms with Gasteiger partial charge in [-0.25, -0.2) is 0 Å². The van der Waals surface area contributed by atoms with E-state index in [0.717, 1.165) is 22.7 Å². The van der Waals surface area contributed by atoms with E-state index in [1.807, 2.05) is 12.1 Å². The molecular weight excluding hydrogens is 284 g/mol. The van der Waals surface area contributed by atoms with Crippen molar-refractivity contribution in [2.75, 3.05) is 6.54 Å². The summed E-state index contributed by atoms with van der Waals surface area (Å²) >= 11 is 8.57. The van der Waals surface area contributed by atoms with Crippen molar-refractivity contribution in [2.45, 2.75) is 20.4 Å². The number of benzene rings is 1. The Morgan fingerprint density at radius 3 is 2.44 bits per heavy atom. The molecule has 4 heteroatoms. The summed E-state index contributed by atoms with van der Waals surface area (Å²) in [4.78, 5) is 0. The number of nitrogens with one attached hydrogen (secondary N) is 2. The molecule has 1 aromatic rings. The predicted molar refractivity (Wildman–Crippen MR) is 76.4 cm³/mol. The molecule has 0 saturated carbocycles. The third-order valence-electron chi connectivity index (χ3n) is 2.04. The lowest BCUT2D eigenvalue weighted by Crippen LogP contribution is -2.36. The molecule has 0 aliphatic carbocycles. The lowest BCUT2D eigenvalue weighted by Gasteiger charge is -2.12. The Bertz CT molecular complexity index is 335. The zero-order valence-electron chi connectivity index (χ0n) is 9.59. The van der Waals surface area contributed by atoms with Crippen molar-refractivity contribution < 1.29 is 0 Å². The van der Waals surface area contributed by atoms with Crippen LogP contribution in [-0.4, -0.2) is 11.7 Å². The monoisotopic (exact) mass is 300 g/mol. The molecule has 0 fully saturated rings. The van der Waals surface area contributed by atoms with Gasteiger partial charge in [-0.05, 0) is 35.8 Å². The second-order valence-corrected chi connectivity index (χ2v) is 5.41. The Hall–Kier alpha value is -0.610. The minimum Gasteiger partial charge on any atom is -0.362 e. The fraction of sp³-hybridized carbons (Fsp3) is 0.417. The van der Waals surface area contributed by atoms with Crippen LogP contribution in [0, 0.1) is 5.92 Å². The fourth-order valence-electron chi connectivity index (χ4n) is 1.14. The van der Waals surface area contributed by atoms with Crippen LogP contribution in [0.5, 0.6) is 0 Å². The summed E-state index contributed by atoms with van der Waals surface area (Å²) in [6.07, 6.45) is 0. The molecule has 0 bridgehead atoms. The molecule has 0 saturated heterocycles. The SMILES string of the molecule is CC(C)CNC(=S)NCc1ccc(Br)cc1. The van der Waals surface area contributed by atoms with Crippen molar-refractivity contribution >= 4 is 33.3 Å². The van der Waals surface area contributed by atoms with Crippen molar-refractivity contribution in [1.29, 1.82) is 0 Å². The Morgan fingerprint density at radius 2 is 1.88 bits per heavy atom. The van der Waals surface area contributed by atoms with E-state index in [9.17, 15) is 0 Å². The smallest absolute Gasteiger partial charge is 0.166 e. The van der Waals surface area contributed by atoms with E-state index in [1.165, 1.54) is 5.56 Å². The summed E-state index contributed by atoms with van der Waals surface area (Å²) in [5, 5.41) is 7.07. The van der Waals surface area contributed by atoms with Gasteiger partial charge in [-0.1, -0.05) is 41.9 Å². The summed E-state index contributed by atoms with van der Waals surface area (Å²) in [5.74, 6) is 0.604. The molecule has 2 nitrogen and oxygen atoms in total. The highest BCUT2D eigenvalue weighted by Gasteiger charge is 1.98. The van der Waals surface area contributed by atoms with E-state index >= 15 is 0 Å². The molecule has 1 aromatic carbocycles. The predicted octanol–water partition coefficient (Wildman–Crippen LogP) is 3.07. The summed E-state index contributed by atoms with van der Waals surface area (Å²) in [6, 6.07) is 8.20. The number of hydrogen-bond donors (Lipinski definition) is 2. The van der Waals surface area contributed by atoms with Crippen LogP contribution in [0.25, 0.3) is 0 Å². The van der Waals surface area contributed by atoms with Crippen LogP contribution < -0.4 is 10.6 Å². The third kappa shape index (κ3) is 5.47. The molecule has 0 heterocycles. The molecular formula is C12H17BrN2S. The minimum atomic E-state index is 0.604. The molecule has 88 valence electrons. The van der Waals surface area contributed by atoms with Crippen LogP contribution in [0.2, 0.25) is 0 Å². The maximum Gasteiger partial charge on any atom is 0.166 e. The van der Waals surface area contributed by atoms with Gasteiger partial charge >= 0.3 is 0 Å². The van der Waals surface area contributed by atoms with Crippen molar-refractivity contribution in [3.8, 4) is 0 Å². The molecule has 0 radical (unpaired) electrons. The first-order valence-corrected chi connectivity index (χ1v) is 6.54. The van der Waals surface area contributed by atoms with Crippen LogP contribution in [0.3, 0.4) is 0 Å². The van der Waals surface area contributed by atoms with E-state index in [2.05, 4.69) is 52.5 Å². The van der Waals surface area contributed by atoms with Gasteiger partial charge in [0.15, 0.2) is 5.11 Å². The van der Waals surface area contributed by atoms with Crippen LogP contribution in [0.15, 0.2) is 28.7 Å². The van der Waals surface area contributed by atoms with Crippen molar-refractivity contribution in [3.63, 3.8) is 0 Å². The summed E-state index contributed by atoms with van der Waals surface area (Å²) in [6.45, 7) is 5.98. The molecule has 1 rings (SSSR count). The van der Waals surface area contributed by atoms with E-state index < -0.39 is 0 Å². The molecule has 0 unspecified atom stereocenters. The second kappa shape index (κ2) is 6.86. The topological polar surface area (TPSA) is 24.1 Å². The van der Waals surface area contributed by atoms with E-state index in [1.54, 1.807) is 0 Å². The minimum absolute atomic E-state index is 0.604. The van der Waals surface area contributed by atoms with Gasteiger partial charge in [0.2, 0.25) is 0 Å². The summed E-state index contributed by atoms with van der Waals surface area (Å²) in [7, 11) is 0. The number of rotatable bonds is 4. The average Bonchev–Trinajstić information content (AvgIpc) is 2.25. The van der Waals surface area contributed by atoms with Crippen molar-refractivity contribution in [3.05, 3.63) is 34.3 Å². The van der Waals surface area contributed by atoms with Gasteiger partial charge in [-0.2, -0.15) is 0 Å². The molecule has 0 atom stereocenters. The molecule has 0 spiro atoms. The second-order valence-electron chi connectivity index (χ2n) is 4.08. The van der Waals surface area contributed by atoms with E-state index in [0.29, 0.717) is 5.92 Å².